The molecule has 4 rings (SSSR count). The fourth-order valence-electron chi connectivity index (χ4n) is 4.96. The van der Waals surface area contributed by atoms with Crippen molar-refractivity contribution in [1.29, 1.82) is 0 Å². The van der Waals surface area contributed by atoms with Gasteiger partial charge in [-0.2, -0.15) is 0 Å². The van der Waals surface area contributed by atoms with E-state index in [2.05, 4.69) is 15.6 Å². The Kier molecular flexibility index (Phi) is 9.61. The summed E-state index contributed by atoms with van der Waals surface area (Å²) in [5, 5.41) is 6.28. The number of furan rings is 1. The van der Waals surface area contributed by atoms with Crippen LogP contribution >= 0.6 is 11.6 Å². The Bertz CT molecular complexity index is 1430. The molecule has 2 aromatic heterocycles. The summed E-state index contributed by atoms with van der Waals surface area (Å²) in [6.07, 6.45) is 3.61. The van der Waals surface area contributed by atoms with E-state index in [1.54, 1.807) is 57.4 Å². The van der Waals surface area contributed by atoms with Gasteiger partial charge in [0.25, 0.3) is 11.8 Å². The first-order valence-electron chi connectivity index (χ1n) is 13.4. The van der Waals surface area contributed by atoms with Gasteiger partial charge in [0.05, 0.1) is 22.6 Å². The van der Waals surface area contributed by atoms with Crippen molar-refractivity contribution < 1.29 is 28.3 Å². The number of nitrogens with one attached hydrogen (secondary N) is 2. The highest BCUT2D eigenvalue weighted by molar-refractivity contribution is 6.30. The summed E-state index contributed by atoms with van der Waals surface area (Å²) in [6.45, 7) is 0.684. The fourth-order valence-corrected chi connectivity index (χ4v) is 5.07. The zero-order valence-corrected chi connectivity index (χ0v) is 24.3. The second-order valence-electron chi connectivity index (χ2n) is 10.3. The molecule has 41 heavy (non-hydrogen) atoms. The molecule has 0 saturated heterocycles. The van der Waals surface area contributed by atoms with E-state index in [9.17, 15) is 19.2 Å². The minimum atomic E-state index is -0.655. The molecule has 11 nitrogen and oxygen atoms in total. The standard InChI is InChI=1S/C29H34ClN5O6/c1-34(2)28(38)18-10-8-17(9-11-18)26(36)33-24-23-20(29(39)35(3)14-15-40-4)6-5-7-21(23)41-25(24)27(37)32-22-13-12-19(30)16-31-22/h5-7,12-13,16-18H,8-11,14-15H2,1-4H3,(H,33,36)(H,31,32,37). The van der Waals surface area contributed by atoms with Gasteiger partial charge in [0.1, 0.15) is 17.1 Å². The number of halogens is 1. The van der Waals surface area contributed by atoms with Crippen molar-refractivity contribution in [3.8, 4) is 0 Å². The molecule has 1 aliphatic carbocycles. The predicted octanol–water partition coefficient (Wildman–Crippen LogP) is 4.29. The number of hydrogen-bond donors (Lipinski definition) is 2. The number of benzene rings is 1. The monoisotopic (exact) mass is 583 g/mol. The minimum absolute atomic E-state index is 0.0557. The third kappa shape index (κ3) is 6.86. The third-order valence-electron chi connectivity index (χ3n) is 7.23. The summed E-state index contributed by atoms with van der Waals surface area (Å²) in [7, 11) is 6.64. The van der Waals surface area contributed by atoms with E-state index < -0.39 is 5.91 Å². The first-order chi connectivity index (χ1) is 19.6. The van der Waals surface area contributed by atoms with E-state index in [-0.39, 0.29) is 58.0 Å². The van der Waals surface area contributed by atoms with Gasteiger partial charge in [-0.25, -0.2) is 4.98 Å². The fraction of sp³-hybridized carbons (Fsp3) is 0.414. The van der Waals surface area contributed by atoms with Gasteiger partial charge >= 0.3 is 0 Å². The van der Waals surface area contributed by atoms with Gasteiger partial charge in [-0.15, -0.1) is 0 Å². The van der Waals surface area contributed by atoms with Crippen LogP contribution in [0.25, 0.3) is 11.0 Å². The number of likely N-dealkylation sites (N-methyl/N-ethyl adjacent to an activating group) is 1. The van der Waals surface area contributed by atoms with Crippen molar-refractivity contribution in [2.24, 2.45) is 11.8 Å². The molecule has 12 heteroatoms. The largest absolute Gasteiger partial charge is 0.449 e. The number of carbonyl (C=O) groups is 4. The lowest BCUT2D eigenvalue weighted by molar-refractivity contribution is -0.135. The van der Waals surface area contributed by atoms with Crippen LogP contribution in [-0.2, 0) is 14.3 Å². The van der Waals surface area contributed by atoms with Crippen molar-refractivity contribution in [3.05, 3.63) is 52.9 Å². The van der Waals surface area contributed by atoms with Crippen molar-refractivity contribution >= 4 is 57.7 Å². The molecule has 0 spiro atoms. The van der Waals surface area contributed by atoms with Gasteiger partial charge in [0, 0.05) is 52.8 Å². The van der Waals surface area contributed by atoms with Gasteiger partial charge < -0.3 is 29.6 Å². The summed E-state index contributed by atoms with van der Waals surface area (Å²) in [5.41, 5.74) is 0.636. The molecule has 1 aromatic carbocycles. The topological polar surface area (TPSA) is 134 Å². The van der Waals surface area contributed by atoms with Crippen molar-refractivity contribution in [2.75, 3.05) is 52.0 Å². The number of hydrogen-bond acceptors (Lipinski definition) is 7. The maximum absolute atomic E-state index is 13.5. The second kappa shape index (κ2) is 13.1. The molecule has 1 aliphatic rings. The lowest BCUT2D eigenvalue weighted by Crippen LogP contribution is -2.35. The Labute approximate surface area is 243 Å². The number of methoxy groups -OCH3 is 1. The highest BCUT2D eigenvalue weighted by Gasteiger charge is 2.33. The number of pyridine rings is 1. The maximum atomic E-state index is 13.5. The highest BCUT2D eigenvalue weighted by Crippen LogP contribution is 2.37. The van der Waals surface area contributed by atoms with Gasteiger partial charge in [-0.05, 0) is 49.9 Å². The number of rotatable bonds is 9. The molecule has 2 heterocycles. The first kappa shape index (κ1) is 30.0. The molecule has 1 fully saturated rings. The molecule has 0 unspecified atom stereocenters. The Morgan fingerprint density at radius 1 is 1.02 bits per heavy atom. The Balaban J connectivity index is 1.68. The van der Waals surface area contributed by atoms with E-state index >= 15 is 0 Å². The quantitative estimate of drug-likeness (QED) is 0.384. The normalized spacial score (nSPS) is 16.7. The molecular weight excluding hydrogens is 550 g/mol. The van der Waals surface area contributed by atoms with E-state index in [4.69, 9.17) is 20.8 Å². The molecule has 0 atom stereocenters. The van der Waals surface area contributed by atoms with E-state index in [0.29, 0.717) is 49.2 Å². The number of nitrogens with zero attached hydrogens (tertiary/aromatic N) is 3. The van der Waals surface area contributed by atoms with Crippen LogP contribution in [0.15, 0.2) is 40.9 Å². The first-order valence-corrected chi connectivity index (χ1v) is 13.7. The Morgan fingerprint density at radius 2 is 1.73 bits per heavy atom. The molecule has 1 saturated carbocycles. The number of fused-ring (bicyclic) bond motifs is 1. The van der Waals surface area contributed by atoms with Crippen LogP contribution in [-0.4, -0.2) is 79.8 Å². The lowest BCUT2D eigenvalue weighted by Gasteiger charge is -2.28. The zero-order valence-electron chi connectivity index (χ0n) is 23.5. The molecule has 3 aromatic rings. The molecule has 0 bridgehead atoms. The molecule has 4 amide bonds. The SMILES string of the molecule is COCCN(C)C(=O)c1cccc2oc(C(=O)Nc3ccc(Cl)cn3)c(NC(=O)C3CCC(C(=O)N(C)C)CC3)c12. The summed E-state index contributed by atoms with van der Waals surface area (Å²) < 4.78 is 11.0. The summed E-state index contributed by atoms with van der Waals surface area (Å²) in [4.78, 5) is 59.9. The Morgan fingerprint density at radius 3 is 2.37 bits per heavy atom. The number of ether oxygens (including phenoxy) is 1. The van der Waals surface area contributed by atoms with Gasteiger partial charge in [0.15, 0.2) is 0 Å². The average molecular weight is 584 g/mol. The van der Waals surface area contributed by atoms with E-state index in [1.165, 1.54) is 17.2 Å². The summed E-state index contributed by atoms with van der Waals surface area (Å²) >= 11 is 5.91. The predicted molar refractivity (Wildman–Crippen MR) is 155 cm³/mol. The zero-order chi connectivity index (χ0) is 29.7. The van der Waals surface area contributed by atoms with Crippen LogP contribution in [0, 0.1) is 11.8 Å². The average Bonchev–Trinajstić information content (AvgIpc) is 3.34. The van der Waals surface area contributed by atoms with E-state index in [1.807, 2.05) is 0 Å². The van der Waals surface area contributed by atoms with Crippen LogP contribution in [0.1, 0.15) is 46.6 Å². The van der Waals surface area contributed by atoms with Crippen LogP contribution in [0.3, 0.4) is 0 Å². The summed E-state index contributed by atoms with van der Waals surface area (Å²) in [5.74, 6) is -1.65. The lowest BCUT2D eigenvalue weighted by atomic mass is 9.81. The summed E-state index contributed by atoms with van der Waals surface area (Å²) in [6, 6.07) is 8.02. The van der Waals surface area contributed by atoms with Crippen LogP contribution in [0.5, 0.6) is 0 Å². The minimum Gasteiger partial charge on any atom is -0.449 e. The van der Waals surface area contributed by atoms with Crippen molar-refractivity contribution in [3.63, 3.8) is 0 Å². The van der Waals surface area contributed by atoms with E-state index in [0.717, 1.165) is 0 Å². The number of aromatic nitrogens is 1. The second-order valence-corrected chi connectivity index (χ2v) is 10.7. The number of carbonyl (C=O) groups excluding carboxylic acids is 4. The number of anilines is 2. The highest BCUT2D eigenvalue weighted by atomic mass is 35.5. The van der Waals surface area contributed by atoms with Crippen LogP contribution in [0.4, 0.5) is 11.5 Å². The smallest absolute Gasteiger partial charge is 0.294 e. The molecule has 2 N–H and O–H groups in total. The van der Waals surface area contributed by atoms with Gasteiger partial charge in [-0.1, -0.05) is 17.7 Å². The third-order valence-corrected chi connectivity index (χ3v) is 7.46. The van der Waals surface area contributed by atoms with Gasteiger partial charge in [0.2, 0.25) is 17.6 Å². The maximum Gasteiger partial charge on any atom is 0.294 e. The van der Waals surface area contributed by atoms with Crippen LogP contribution < -0.4 is 10.6 Å². The van der Waals surface area contributed by atoms with Crippen molar-refractivity contribution in [1.82, 2.24) is 14.8 Å². The molecule has 218 valence electrons. The Hall–Kier alpha value is -3.96. The van der Waals surface area contributed by atoms with Gasteiger partial charge in [-0.3, -0.25) is 19.2 Å². The molecule has 0 radical (unpaired) electrons. The van der Waals surface area contributed by atoms with Crippen LogP contribution in [0.2, 0.25) is 5.02 Å². The van der Waals surface area contributed by atoms with Crippen molar-refractivity contribution in [2.45, 2.75) is 25.7 Å². The number of amides is 4. The molecule has 0 aliphatic heterocycles. The molecular formula is C29H34ClN5O6.